The van der Waals surface area contributed by atoms with Crippen molar-refractivity contribution in [1.29, 1.82) is 0 Å². The minimum atomic E-state index is -3.15. The summed E-state index contributed by atoms with van der Waals surface area (Å²) in [5.41, 5.74) is 0.701. The van der Waals surface area contributed by atoms with Crippen LogP contribution in [0.15, 0.2) is 23.1 Å². The van der Waals surface area contributed by atoms with Crippen molar-refractivity contribution in [2.45, 2.75) is 18.2 Å². The molecule has 1 aromatic rings. The average Bonchev–Trinajstić information content (AvgIpc) is 2.02. The van der Waals surface area contributed by atoms with E-state index in [1.807, 2.05) is 6.92 Å². The van der Waals surface area contributed by atoms with Crippen LogP contribution in [-0.4, -0.2) is 14.7 Å². The van der Waals surface area contributed by atoms with E-state index in [9.17, 15) is 8.42 Å². The van der Waals surface area contributed by atoms with E-state index in [4.69, 9.17) is 11.6 Å². The number of halogens is 1. The lowest BCUT2D eigenvalue weighted by Gasteiger charge is -2.06. The van der Waals surface area contributed by atoms with E-state index in [1.165, 1.54) is 6.26 Å². The largest absolute Gasteiger partial charge is 0.224 e. The first-order valence-corrected chi connectivity index (χ1v) is 6.21. The van der Waals surface area contributed by atoms with E-state index in [0.29, 0.717) is 21.9 Å². The first kappa shape index (κ1) is 10.5. The van der Waals surface area contributed by atoms with Gasteiger partial charge in [-0.1, -0.05) is 24.6 Å². The molecule has 0 fully saturated rings. The molecule has 0 aliphatic heterocycles. The van der Waals surface area contributed by atoms with E-state index in [0.717, 1.165) is 0 Å². The molecule has 1 rings (SSSR count). The maximum absolute atomic E-state index is 11.3. The Kier molecular flexibility index (Phi) is 2.98. The molecule has 4 heteroatoms. The molecule has 0 atom stereocenters. The van der Waals surface area contributed by atoms with Gasteiger partial charge in [0.1, 0.15) is 0 Å². The molecule has 0 amide bonds. The van der Waals surface area contributed by atoms with Gasteiger partial charge in [-0.05, 0) is 24.1 Å². The number of hydrogen-bond donors (Lipinski definition) is 0. The van der Waals surface area contributed by atoms with Crippen LogP contribution in [0.4, 0.5) is 0 Å². The molecule has 0 spiro atoms. The summed E-state index contributed by atoms with van der Waals surface area (Å²) in [5, 5.41) is 0.519. The van der Waals surface area contributed by atoms with Crippen LogP contribution in [0.2, 0.25) is 5.02 Å². The Bertz CT molecular complexity index is 410. The Labute approximate surface area is 83.5 Å². The lowest BCUT2D eigenvalue weighted by molar-refractivity contribution is 0.601. The van der Waals surface area contributed by atoms with Crippen LogP contribution in [-0.2, 0) is 16.3 Å². The molecular weight excluding hydrogens is 208 g/mol. The second-order valence-corrected chi connectivity index (χ2v) is 5.23. The second kappa shape index (κ2) is 3.68. The molecular formula is C9H11ClO2S. The van der Waals surface area contributed by atoms with Gasteiger partial charge in [0.25, 0.3) is 0 Å². The molecule has 0 bridgehead atoms. The molecule has 0 saturated carbocycles. The Balaban J connectivity index is 3.47. The lowest BCUT2D eigenvalue weighted by atomic mass is 10.2. The zero-order chi connectivity index (χ0) is 10.1. The highest BCUT2D eigenvalue weighted by atomic mass is 35.5. The van der Waals surface area contributed by atoms with Crippen molar-refractivity contribution < 1.29 is 8.42 Å². The smallest absolute Gasteiger partial charge is 0.175 e. The van der Waals surface area contributed by atoms with Gasteiger partial charge in [0.05, 0.1) is 4.90 Å². The van der Waals surface area contributed by atoms with Crippen LogP contribution in [0.5, 0.6) is 0 Å². The second-order valence-electron chi connectivity index (χ2n) is 2.84. The fraction of sp³-hybridized carbons (Fsp3) is 0.333. The zero-order valence-electron chi connectivity index (χ0n) is 7.54. The van der Waals surface area contributed by atoms with E-state index in [-0.39, 0.29) is 0 Å². The predicted molar refractivity (Wildman–Crippen MR) is 53.9 cm³/mol. The van der Waals surface area contributed by atoms with Crippen LogP contribution in [0, 0.1) is 0 Å². The van der Waals surface area contributed by atoms with Crippen LogP contribution in [0.1, 0.15) is 12.5 Å². The summed E-state index contributed by atoms with van der Waals surface area (Å²) < 4.78 is 22.6. The lowest BCUT2D eigenvalue weighted by Crippen LogP contribution is -2.02. The summed E-state index contributed by atoms with van der Waals surface area (Å²) >= 11 is 5.87. The third-order valence-corrected chi connectivity index (χ3v) is 3.36. The predicted octanol–water partition coefficient (Wildman–Crippen LogP) is 2.31. The Morgan fingerprint density at radius 1 is 1.38 bits per heavy atom. The third kappa shape index (κ3) is 2.23. The highest BCUT2D eigenvalue weighted by Gasteiger charge is 2.13. The molecule has 0 aliphatic rings. The average molecular weight is 219 g/mol. The van der Waals surface area contributed by atoms with E-state index < -0.39 is 9.84 Å². The van der Waals surface area contributed by atoms with Crippen LogP contribution >= 0.6 is 11.6 Å². The fourth-order valence-electron chi connectivity index (χ4n) is 1.23. The van der Waals surface area contributed by atoms with Crippen LogP contribution in [0.3, 0.4) is 0 Å². The van der Waals surface area contributed by atoms with Crippen molar-refractivity contribution in [3.05, 3.63) is 28.8 Å². The minimum absolute atomic E-state index is 0.336. The Hall–Kier alpha value is -0.540. The summed E-state index contributed by atoms with van der Waals surface area (Å²) in [4.78, 5) is 0.336. The minimum Gasteiger partial charge on any atom is -0.224 e. The SMILES string of the molecule is CCc1c(Cl)cccc1S(C)(=O)=O. The molecule has 13 heavy (non-hydrogen) atoms. The van der Waals surface area contributed by atoms with Gasteiger partial charge in [0.2, 0.25) is 0 Å². The number of hydrogen-bond acceptors (Lipinski definition) is 2. The van der Waals surface area contributed by atoms with Gasteiger partial charge in [-0.25, -0.2) is 8.42 Å². The van der Waals surface area contributed by atoms with Gasteiger partial charge in [0, 0.05) is 11.3 Å². The summed E-state index contributed by atoms with van der Waals surface area (Å²) in [6.07, 6.45) is 1.82. The molecule has 0 heterocycles. The van der Waals surface area contributed by atoms with Gasteiger partial charge in [-0.15, -0.1) is 0 Å². The van der Waals surface area contributed by atoms with E-state index >= 15 is 0 Å². The van der Waals surface area contributed by atoms with Gasteiger partial charge < -0.3 is 0 Å². The molecule has 72 valence electrons. The van der Waals surface area contributed by atoms with Crippen molar-refractivity contribution >= 4 is 21.4 Å². The van der Waals surface area contributed by atoms with Gasteiger partial charge in [0.15, 0.2) is 9.84 Å². The third-order valence-electron chi connectivity index (χ3n) is 1.83. The molecule has 0 N–H and O–H groups in total. The maximum Gasteiger partial charge on any atom is 0.175 e. The van der Waals surface area contributed by atoms with E-state index in [1.54, 1.807) is 18.2 Å². The summed E-state index contributed by atoms with van der Waals surface area (Å²) in [7, 11) is -3.15. The fourth-order valence-corrected chi connectivity index (χ4v) is 2.62. The topological polar surface area (TPSA) is 34.1 Å². The molecule has 0 aromatic heterocycles. The van der Waals surface area contributed by atoms with Gasteiger partial charge >= 0.3 is 0 Å². The maximum atomic E-state index is 11.3. The van der Waals surface area contributed by atoms with Crippen molar-refractivity contribution in [1.82, 2.24) is 0 Å². The highest BCUT2D eigenvalue weighted by molar-refractivity contribution is 7.90. The standard InChI is InChI=1S/C9H11ClO2S/c1-3-7-8(10)5-4-6-9(7)13(2,11)12/h4-6H,3H2,1-2H3. The van der Waals surface area contributed by atoms with Crippen molar-refractivity contribution in [2.24, 2.45) is 0 Å². The summed E-state index contributed by atoms with van der Waals surface area (Å²) in [6, 6.07) is 4.94. The van der Waals surface area contributed by atoms with Crippen molar-refractivity contribution in [2.75, 3.05) is 6.26 Å². The molecule has 0 aliphatic carbocycles. The molecule has 1 aromatic carbocycles. The molecule has 0 saturated heterocycles. The molecule has 0 radical (unpaired) electrons. The van der Waals surface area contributed by atoms with Crippen molar-refractivity contribution in [3.63, 3.8) is 0 Å². The van der Waals surface area contributed by atoms with Crippen LogP contribution in [0.25, 0.3) is 0 Å². The van der Waals surface area contributed by atoms with Crippen molar-refractivity contribution in [3.8, 4) is 0 Å². The first-order valence-electron chi connectivity index (χ1n) is 3.94. The normalized spacial score (nSPS) is 11.6. The quantitative estimate of drug-likeness (QED) is 0.764. The first-order chi connectivity index (χ1) is 5.96. The Morgan fingerprint density at radius 3 is 2.38 bits per heavy atom. The monoisotopic (exact) mass is 218 g/mol. The zero-order valence-corrected chi connectivity index (χ0v) is 9.11. The van der Waals surface area contributed by atoms with E-state index in [2.05, 4.69) is 0 Å². The molecule has 0 unspecified atom stereocenters. The number of rotatable bonds is 2. The highest BCUT2D eigenvalue weighted by Crippen LogP contribution is 2.23. The molecule has 2 nitrogen and oxygen atoms in total. The Morgan fingerprint density at radius 2 is 2.00 bits per heavy atom. The summed E-state index contributed by atoms with van der Waals surface area (Å²) in [5.74, 6) is 0. The number of benzene rings is 1. The summed E-state index contributed by atoms with van der Waals surface area (Å²) in [6.45, 7) is 1.88. The van der Waals surface area contributed by atoms with Gasteiger partial charge in [-0.2, -0.15) is 0 Å². The van der Waals surface area contributed by atoms with Gasteiger partial charge in [-0.3, -0.25) is 0 Å². The van der Waals surface area contributed by atoms with Crippen LogP contribution < -0.4 is 0 Å². The number of sulfone groups is 1.